The molecular formula is C14H19FN2O2. The molecule has 0 aromatic heterocycles. The lowest BCUT2D eigenvalue weighted by Crippen LogP contribution is -2.54. The van der Waals surface area contributed by atoms with Crippen molar-refractivity contribution in [1.82, 2.24) is 5.32 Å². The van der Waals surface area contributed by atoms with Crippen LogP contribution in [0, 0.1) is 5.82 Å². The van der Waals surface area contributed by atoms with Crippen molar-refractivity contribution in [1.29, 1.82) is 0 Å². The first kappa shape index (κ1) is 13.8. The van der Waals surface area contributed by atoms with Crippen molar-refractivity contribution in [2.45, 2.75) is 31.7 Å². The van der Waals surface area contributed by atoms with Crippen LogP contribution in [-0.2, 0) is 4.79 Å². The monoisotopic (exact) mass is 266 g/mol. The molecule has 1 aliphatic heterocycles. The third kappa shape index (κ3) is 3.04. The lowest BCUT2D eigenvalue weighted by atomic mass is 9.90. The Morgan fingerprint density at radius 2 is 2.26 bits per heavy atom. The van der Waals surface area contributed by atoms with Gasteiger partial charge in [0.1, 0.15) is 11.6 Å². The summed E-state index contributed by atoms with van der Waals surface area (Å²) in [6, 6.07) is 4.07. The van der Waals surface area contributed by atoms with Gasteiger partial charge in [0.2, 0.25) is 5.91 Å². The van der Waals surface area contributed by atoms with E-state index in [1.165, 1.54) is 25.3 Å². The molecule has 1 heterocycles. The van der Waals surface area contributed by atoms with Crippen LogP contribution in [0.15, 0.2) is 18.2 Å². The summed E-state index contributed by atoms with van der Waals surface area (Å²) in [5.41, 5.74) is -0.0834. The van der Waals surface area contributed by atoms with Crippen LogP contribution < -0.4 is 15.4 Å². The number of carbonyl (C=O) groups is 1. The number of hydrogen-bond donors (Lipinski definition) is 2. The smallest absolute Gasteiger partial charge is 0.244 e. The van der Waals surface area contributed by atoms with E-state index in [0.717, 1.165) is 25.8 Å². The molecule has 1 fully saturated rings. The lowest BCUT2D eigenvalue weighted by molar-refractivity contribution is -0.122. The van der Waals surface area contributed by atoms with Gasteiger partial charge in [-0.15, -0.1) is 0 Å². The lowest BCUT2D eigenvalue weighted by Gasteiger charge is -2.33. The van der Waals surface area contributed by atoms with Gasteiger partial charge in [-0.1, -0.05) is 0 Å². The van der Waals surface area contributed by atoms with Gasteiger partial charge >= 0.3 is 0 Å². The summed E-state index contributed by atoms with van der Waals surface area (Å²) in [5.74, 6) is -0.179. The first-order valence-corrected chi connectivity index (χ1v) is 6.45. The number of anilines is 1. The third-order valence-electron chi connectivity index (χ3n) is 3.53. The Morgan fingerprint density at radius 3 is 2.89 bits per heavy atom. The molecular weight excluding hydrogens is 247 g/mol. The molecule has 2 rings (SSSR count). The van der Waals surface area contributed by atoms with Crippen LogP contribution >= 0.6 is 0 Å². The van der Waals surface area contributed by atoms with Gasteiger partial charge < -0.3 is 15.4 Å². The number of carbonyl (C=O) groups excluding carboxylic acids is 1. The topological polar surface area (TPSA) is 50.4 Å². The molecule has 0 saturated carbocycles. The van der Waals surface area contributed by atoms with Crippen LogP contribution in [0.4, 0.5) is 10.1 Å². The van der Waals surface area contributed by atoms with Crippen LogP contribution in [0.2, 0.25) is 0 Å². The van der Waals surface area contributed by atoms with Crippen LogP contribution in [0.1, 0.15) is 26.2 Å². The molecule has 1 aliphatic rings. The highest BCUT2D eigenvalue weighted by atomic mass is 19.1. The molecule has 104 valence electrons. The van der Waals surface area contributed by atoms with Crippen molar-refractivity contribution in [3.63, 3.8) is 0 Å². The Bertz CT molecular complexity index is 471. The number of benzene rings is 1. The molecule has 0 aliphatic carbocycles. The van der Waals surface area contributed by atoms with Crippen LogP contribution in [0.25, 0.3) is 0 Å². The summed E-state index contributed by atoms with van der Waals surface area (Å²) in [7, 11) is 1.45. The maximum Gasteiger partial charge on any atom is 0.244 e. The first-order valence-electron chi connectivity index (χ1n) is 6.45. The molecule has 2 N–H and O–H groups in total. The molecule has 1 saturated heterocycles. The van der Waals surface area contributed by atoms with Gasteiger partial charge in [0.25, 0.3) is 0 Å². The van der Waals surface area contributed by atoms with Crippen LogP contribution in [-0.4, -0.2) is 25.1 Å². The fourth-order valence-electron chi connectivity index (χ4n) is 2.28. The maximum atomic E-state index is 13.1. The van der Waals surface area contributed by atoms with Crippen LogP contribution in [0.3, 0.4) is 0 Å². The second-order valence-electron chi connectivity index (χ2n) is 5.01. The summed E-state index contributed by atoms with van der Waals surface area (Å²) < 4.78 is 18.2. The second-order valence-corrected chi connectivity index (χ2v) is 5.01. The minimum atomic E-state index is -0.572. The Balaban J connectivity index is 2.14. The largest absolute Gasteiger partial charge is 0.494 e. The average molecular weight is 266 g/mol. The van der Waals surface area contributed by atoms with E-state index in [0.29, 0.717) is 11.4 Å². The molecule has 0 bridgehead atoms. The molecule has 4 nitrogen and oxygen atoms in total. The van der Waals surface area contributed by atoms with E-state index >= 15 is 0 Å². The van der Waals surface area contributed by atoms with Crippen molar-refractivity contribution in [2.75, 3.05) is 19.0 Å². The first-order chi connectivity index (χ1) is 9.05. The van der Waals surface area contributed by atoms with Crippen molar-refractivity contribution in [2.24, 2.45) is 0 Å². The number of ether oxygens (including phenoxy) is 1. The highest BCUT2D eigenvalue weighted by Crippen LogP contribution is 2.27. The van der Waals surface area contributed by atoms with Crippen molar-refractivity contribution >= 4 is 11.6 Å². The van der Waals surface area contributed by atoms with E-state index in [1.807, 2.05) is 6.92 Å². The maximum absolute atomic E-state index is 13.1. The van der Waals surface area contributed by atoms with Crippen LogP contribution in [0.5, 0.6) is 5.75 Å². The number of nitrogens with one attached hydrogen (secondary N) is 2. The Kier molecular flexibility index (Phi) is 4.04. The van der Waals surface area contributed by atoms with E-state index in [1.54, 1.807) is 0 Å². The van der Waals surface area contributed by atoms with Gasteiger partial charge in [0, 0.05) is 6.07 Å². The second kappa shape index (κ2) is 5.57. The summed E-state index contributed by atoms with van der Waals surface area (Å²) in [6.45, 7) is 2.72. The minimum absolute atomic E-state index is 0.114. The fraction of sp³-hybridized carbons (Fsp3) is 0.500. The normalized spacial score (nSPS) is 22.9. The summed E-state index contributed by atoms with van der Waals surface area (Å²) in [5, 5.41) is 6.04. The summed E-state index contributed by atoms with van der Waals surface area (Å²) in [4.78, 5) is 12.3. The summed E-state index contributed by atoms with van der Waals surface area (Å²) in [6.07, 6.45) is 2.91. The van der Waals surface area contributed by atoms with Crippen molar-refractivity contribution in [3.8, 4) is 5.75 Å². The number of rotatable bonds is 3. The zero-order chi connectivity index (χ0) is 13.9. The average Bonchev–Trinajstić information content (AvgIpc) is 2.41. The quantitative estimate of drug-likeness (QED) is 0.882. The Hall–Kier alpha value is -1.62. The van der Waals surface area contributed by atoms with E-state index in [9.17, 15) is 9.18 Å². The predicted octanol–water partition coefficient (Wildman–Crippen LogP) is 2.30. The Morgan fingerprint density at radius 1 is 1.47 bits per heavy atom. The number of piperidine rings is 1. The third-order valence-corrected chi connectivity index (χ3v) is 3.53. The highest BCUT2D eigenvalue weighted by Gasteiger charge is 2.34. The molecule has 19 heavy (non-hydrogen) atoms. The SMILES string of the molecule is COc1cc(F)ccc1NC(=O)C1(C)CCCCN1. The van der Waals surface area contributed by atoms with Gasteiger partial charge in [-0.2, -0.15) is 0 Å². The van der Waals surface area contributed by atoms with Gasteiger partial charge in [-0.25, -0.2) is 4.39 Å². The molecule has 0 radical (unpaired) electrons. The zero-order valence-electron chi connectivity index (χ0n) is 11.3. The molecule has 5 heteroatoms. The van der Waals surface area contributed by atoms with E-state index in [-0.39, 0.29) is 5.91 Å². The predicted molar refractivity (Wildman–Crippen MR) is 71.8 cm³/mol. The molecule has 1 aromatic rings. The Labute approximate surface area is 112 Å². The fourth-order valence-corrected chi connectivity index (χ4v) is 2.28. The molecule has 1 amide bonds. The van der Waals surface area contributed by atoms with Gasteiger partial charge in [0.05, 0.1) is 18.3 Å². The zero-order valence-corrected chi connectivity index (χ0v) is 11.3. The molecule has 0 spiro atoms. The highest BCUT2D eigenvalue weighted by molar-refractivity contribution is 5.99. The molecule has 1 atom stereocenters. The number of amides is 1. The number of methoxy groups -OCH3 is 1. The van der Waals surface area contributed by atoms with Gasteiger partial charge in [-0.3, -0.25) is 4.79 Å². The number of hydrogen-bond acceptors (Lipinski definition) is 3. The van der Waals surface area contributed by atoms with E-state index in [4.69, 9.17) is 4.74 Å². The van der Waals surface area contributed by atoms with E-state index < -0.39 is 11.4 Å². The summed E-state index contributed by atoms with van der Waals surface area (Å²) >= 11 is 0. The van der Waals surface area contributed by atoms with Gasteiger partial charge in [0.15, 0.2) is 0 Å². The standard InChI is InChI=1S/C14H19FN2O2/c1-14(7-3-4-8-16-14)13(18)17-11-6-5-10(15)9-12(11)19-2/h5-6,9,16H,3-4,7-8H2,1-2H3,(H,17,18). The minimum Gasteiger partial charge on any atom is -0.494 e. The van der Waals surface area contributed by atoms with Crippen molar-refractivity contribution < 1.29 is 13.9 Å². The number of halogens is 1. The molecule has 1 aromatic carbocycles. The van der Waals surface area contributed by atoms with Crippen molar-refractivity contribution in [3.05, 3.63) is 24.0 Å². The molecule has 1 unspecified atom stereocenters. The van der Waals surface area contributed by atoms with E-state index in [2.05, 4.69) is 10.6 Å². The van der Waals surface area contributed by atoms with Gasteiger partial charge in [-0.05, 0) is 44.9 Å².